The molecule has 1 atom stereocenters. The maximum Gasteiger partial charge on any atom is 0.319 e. The average molecular weight is 445 g/mol. The second-order valence-electron chi connectivity index (χ2n) is 7.51. The Balaban J connectivity index is 1.79. The van der Waals surface area contributed by atoms with Crippen LogP contribution in [0.15, 0.2) is 70.5 Å². The summed E-state index contributed by atoms with van der Waals surface area (Å²) in [7, 11) is 0. The second kappa shape index (κ2) is 9.49. The first-order valence-corrected chi connectivity index (χ1v) is 10.5. The Morgan fingerprint density at radius 2 is 1.70 bits per heavy atom. The molecular formula is C24H23N5O4. The molecule has 168 valence electrons. The molecule has 9 heteroatoms. The highest BCUT2D eigenvalue weighted by Gasteiger charge is 2.16. The molecule has 3 heterocycles. The van der Waals surface area contributed by atoms with E-state index in [2.05, 4.69) is 25.6 Å². The zero-order valence-electron chi connectivity index (χ0n) is 17.9. The maximum absolute atomic E-state index is 12.5. The van der Waals surface area contributed by atoms with Gasteiger partial charge in [-0.1, -0.05) is 6.92 Å². The number of anilines is 1. The van der Waals surface area contributed by atoms with Crippen molar-refractivity contribution in [3.05, 3.63) is 81.6 Å². The van der Waals surface area contributed by atoms with Gasteiger partial charge in [0.05, 0.1) is 22.9 Å². The molecule has 1 unspecified atom stereocenters. The van der Waals surface area contributed by atoms with Gasteiger partial charge in [0.25, 0.3) is 11.1 Å². The summed E-state index contributed by atoms with van der Waals surface area (Å²) in [6.07, 6.45) is 2.99. The number of rotatable bonds is 6. The van der Waals surface area contributed by atoms with Crippen molar-refractivity contribution >= 4 is 22.6 Å². The number of amides is 2. The number of fused-ring (bicyclic) bond motifs is 1. The quantitative estimate of drug-likeness (QED) is 0.310. The van der Waals surface area contributed by atoms with Gasteiger partial charge < -0.3 is 25.7 Å². The molecule has 0 aliphatic heterocycles. The normalized spacial score (nSPS) is 11.8. The van der Waals surface area contributed by atoms with E-state index >= 15 is 0 Å². The topological polar surface area (TPSA) is 140 Å². The molecule has 2 amide bonds. The van der Waals surface area contributed by atoms with E-state index in [9.17, 15) is 19.5 Å². The third-order valence-corrected chi connectivity index (χ3v) is 5.22. The van der Waals surface area contributed by atoms with Gasteiger partial charge in [0.15, 0.2) is 0 Å². The summed E-state index contributed by atoms with van der Waals surface area (Å²) in [5.41, 5.74) is 2.07. The number of pyridine rings is 3. The van der Waals surface area contributed by atoms with Gasteiger partial charge in [0, 0.05) is 41.1 Å². The third-order valence-electron chi connectivity index (χ3n) is 5.22. The molecule has 9 nitrogen and oxygen atoms in total. The molecule has 5 N–H and O–H groups in total. The zero-order valence-corrected chi connectivity index (χ0v) is 17.9. The van der Waals surface area contributed by atoms with Crippen LogP contribution in [-0.2, 0) is 0 Å². The van der Waals surface area contributed by atoms with Gasteiger partial charge in [-0.2, -0.15) is 0 Å². The number of urea groups is 1. The number of aliphatic hydroxyl groups excluding tert-OH is 1. The van der Waals surface area contributed by atoms with E-state index in [0.29, 0.717) is 45.4 Å². The van der Waals surface area contributed by atoms with Crippen LogP contribution >= 0.6 is 0 Å². The van der Waals surface area contributed by atoms with Crippen LogP contribution in [0, 0.1) is 0 Å². The maximum atomic E-state index is 12.5. The minimum absolute atomic E-state index is 0.146. The molecule has 0 aliphatic carbocycles. The number of nitrogens with one attached hydrogen (secondary N) is 4. The first-order valence-electron chi connectivity index (χ1n) is 10.5. The molecule has 0 saturated carbocycles. The van der Waals surface area contributed by atoms with Crippen LogP contribution in [0.1, 0.15) is 13.3 Å². The van der Waals surface area contributed by atoms with Gasteiger partial charge in [-0.3, -0.25) is 9.59 Å². The fraction of sp³-hybridized carbons (Fsp3) is 0.167. The molecular weight excluding hydrogens is 422 g/mol. The van der Waals surface area contributed by atoms with Gasteiger partial charge in [-0.25, -0.2) is 9.78 Å². The monoisotopic (exact) mass is 445 g/mol. The lowest BCUT2D eigenvalue weighted by molar-refractivity contribution is 0.168. The summed E-state index contributed by atoms with van der Waals surface area (Å²) in [4.78, 5) is 47.1. The molecule has 4 aromatic rings. The van der Waals surface area contributed by atoms with Gasteiger partial charge in [-0.05, 0) is 55.0 Å². The van der Waals surface area contributed by atoms with Gasteiger partial charge in [0.2, 0.25) is 0 Å². The lowest BCUT2D eigenvalue weighted by Crippen LogP contribution is -2.34. The highest BCUT2D eigenvalue weighted by Crippen LogP contribution is 2.31. The Bertz CT molecular complexity index is 1430. The van der Waals surface area contributed by atoms with Crippen molar-refractivity contribution in [1.29, 1.82) is 0 Å². The van der Waals surface area contributed by atoms with Crippen molar-refractivity contribution in [2.45, 2.75) is 19.4 Å². The number of H-pyrrole nitrogens is 2. The molecule has 4 rings (SSSR count). The largest absolute Gasteiger partial charge is 0.391 e. The number of aromatic amines is 2. The number of benzene rings is 1. The minimum atomic E-state index is -0.609. The summed E-state index contributed by atoms with van der Waals surface area (Å²) >= 11 is 0. The van der Waals surface area contributed by atoms with Crippen molar-refractivity contribution in [2.75, 3.05) is 11.9 Å². The SMILES string of the molecule is CCC(O)CNC(=O)Nc1ccc2nc(-c3ccc[nH]c3=O)c(-c3ccc[nH]c3=O)cc2c1. The van der Waals surface area contributed by atoms with Crippen LogP contribution < -0.4 is 21.8 Å². The van der Waals surface area contributed by atoms with Crippen molar-refractivity contribution in [1.82, 2.24) is 20.3 Å². The summed E-state index contributed by atoms with van der Waals surface area (Å²) < 4.78 is 0. The van der Waals surface area contributed by atoms with E-state index in [1.807, 2.05) is 6.92 Å². The van der Waals surface area contributed by atoms with Crippen molar-refractivity contribution in [3.63, 3.8) is 0 Å². The first kappa shape index (κ1) is 22.0. The van der Waals surface area contributed by atoms with Crippen molar-refractivity contribution in [3.8, 4) is 22.4 Å². The van der Waals surface area contributed by atoms with E-state index in [4.69, 9.17) is 0 Å². The van der Waals surface area contributed by atoms with Crippen molar-refractivity contribution in [2.24, 2.45) is 0 Å². The number of carbonyl (C=O) groups excluding carboxylic acids is 1. The molecule has 0 fully saturated rings. The second-order valence-corrected chi connectivity index (χ2v) is 7.51. The Morgan fingerprint density at radius 3 is 2.36 bits per heavy atom. The predicted octanol–water partition coefficient (Wildman–Crippen LogP) is 2.84. The number of aromatic nitrogens is 3. The molecule has 33 heavy (non-hydrogen) atoms. The van der Waals surface area contributed by atoms with Crippen LogP contribution in [0.4, 0.5) is 10.5 Å². The molecule has 0 bridgehead atoms. The standard InChI is InChI=1S/C24H23N5O4/c1-2-16(30)13-27-24(33)28-15-7-8-20-14(11-15)12-19(17-5-3-9-25-22(17)31)21(29-20)18-6-4-10-26-23(18)32/h3-12,16,30H,2,13H2,1H3,(H,25,31)(H,26,32)(H2,27,28,33). The number of aliphatic hydroxyl groups is 1. The smallest absolute Gasteiger partial charge is 0.319 e. The van der Waals surface area contributed by atoms with Crippen LogP contribution in [-0.4, -0.2) is 38.7 Å². The van der Waals surface area contributed by atoms with Crippen LogP contribution in [0.3, 0.4) is 0 Å². The van der Waals surface area contributed by atoms with E-state index in [1.54, 1.807) is 48.5 Å². The molecule has 0 saturated heterocycles. The summed E-state index contributed by atoms with van der Waals surface area (Å²) in [5.74, 6) is 0. The van der Waals surface area contributed by atoms with Crippen LogP contribution in [0.5, 0.6) is 0 Å². The third kappa shape index (κ3) is 4.83. The lowest BCUT2D eigenvalue weighted by atomic mass is 9.99. The first-order chi connectivity index (χ1) is 16.0. The van der Waals surface area contributed by atoms with Crippen molar-refractivity contribution < 1.29 is 9.90 Å². The number of carbonyl (C=O) groups is 1. The molecule has 0 radical (unpaired) electrons. The van der Waals surface area contributed by atoms with E-state index < -0.39 is 12.1 Å². The summed E-state index contributed by atoms with van der Waals surface area (Å²) in [6.45, 7) is 1.97. The Hall–Kier alpha value is -4.24. The number of hydrogen-bond acceptors (Lipinski definition) is 5. The average Bonchev–Trinajstić information content (AvgIpc) is 2.82. The molecule has 3 aromatic heterocycles. The van der Waals surface area contributed by atoms with E-state index in [0.717, 1.165) is 0 Å². The number of hydrogen-bond donors (Lipinski definition) is 5. The molecule has 1 aromatic carbocycles. The van der Waals surface area contributed by atoms with Gasteiger partial charge in [0.1, 0.15) is 0 Å². The van der Waals surface area contributed by atoms with Gasteiger partial charge in [-0.15, -0.1) is 0 Å². The van der Waals surface area contributed by atoms with Gasteiger partial charge >= 0.3 is 6.03 Å². The van der Waals surface area contributed by atoms with Crippen LogP contribution in [0.25, 0.3) is 33.3 Å². The zero-order chi connectivity index (χ0) is 23.4. The number of nitrogens with zero attached hydrogens (tertiary/aromatic N) is 1. The van der Waals surface area contributed by atoms with E-state index in [-0.39, 0.29) is 17.7 Å². The highest BCUT2D eigenvalue weighted by atomic mass is 16.3. The Labute approximate surface area is 188 Å². The minimum Gasteiger partial charge on any atom is -0.391 e. The molecule has 0 spiro atoms. The predicted molar refractivity (Wildman–Crippen MR) is 127 cm³/mol. The lowest BCUT2D eigenvalue weighted by Gasteiger charge is -2.13. The highest BCUT2D eigenvalue weighted by molar-refractivity contribution is 5.96. The fourth-order valence-corrected chi connectivity index (χ4v) is 3.44. The van der Waals surface area contributed by atoms with E-state index in [1.165, 1.54) is 12.4 Å². The fourth-order valence-electron chi connectivity index (χ4n) is 3.44. The Morgan fingerprint density at radius 1 is 1.00 bits per heavy atom. The Kier molecular flexibility index (Phi) is 6.32. The summed E-state index contributed by atoms with van der Waals surface area (Å²) in [5, 5.41) is 15.6. The summed E-state index contributed by atoms with van der Waals surface area (Å²) in [6, 6.07) is 13.2. The molecule has 0 aliphatic rings. The van der Waals surface area contributed by atoms with Crippen LogP contribution in [0.2, 0.25) is 0 Å².